The number of para-hydroxylation sites is 2. The summed E-state index contributed by atoms with van der Waals surface area (Å²) >= 11 is 0. The van der Waals surface area contributed by atoms with Crippen LogP contribution in [0.1, 0.15) is 16.7 Å². The van der Waals surface area contributed by atoms with E-state index in [9.17, 15) is 4.79 Å². The zero-order valence-corrected chi connectivity index (χ0v) is 13.5. The van der Waals surface area contributed by atoms with Gasteiger partial charge in [0.2, 0.25) is 0 Å². The Kier molecular flexibility index (Phi) is 5.74. The van der Waals surface area contributed by atoms with Crippen molar-refractivity contribution in [2.75, 3.05) is 13.7 Å². The summed E-state index contributed by atoms with van der Waals surface area (Å²) in [5.74, 6) is 0.764. The molecule has 2 rings (SSSR count). The molecule has 0 aromatic heterocycles. The second-order valence-corrected chi connectivity index (χ2v) is 5.09. The maximum atomic E-state index is 11.8. The minimum absolute atomic E-state index is 0.134. The van der Waals surface area contributed by atoms with Gasteiger partial charge >= 0.3 is 0 Å². The van der Waals surface area contributed by atoms with E-state index in [-0.39, 0.29) is 12.5 Å². The van der Waals surface area contributed by atoms with Gasteiger partial charge in [0.05, 0.1) is 13.3 Å². The molecule has 0 aliphatic heterocycles. The first-order valence-electron chi connectivity index (χ1n) is 7.25. The Labute approximate surface area is 135 Å². The van der Waals surface area contributed by atoms with E-state index in [1.807, 2.05) is 44.2 Å². The van der Waals surface area contributed by atoms with Crippen LogP contribution in [0.5, 0.6) is 11.5 Å². The number of carbonyl (C=O) groups is 1. The molecule has 5 heteroatoms. The lowest BCUT2D eigenvalue weighted by Crippen LogP contribution is -2.24. The van der Waals surface area contributed by atoms with E-state index in [0.29, 0.717) is 11.5 Å². The van der Waals surface area contributed by atoms with Crippen molar-refractivity contribution in [2.45, 2.75) is 13.8 Å². The molecule has 0 atom stereocenters. The molecule has 0 heterocycles. The molecule has 0 fully saturated rings. The molecule has 120 valence electrons. The molecule has 1 amide bonds. The second-order valence-electron chi connectivity index (χ2n) is 5.09. The van der Waals surface area contributed by atoms with Gasteiger partial charge in [-0.25, -0.2) is 5.43 Å². The third-order valence-corrected chi connectivity index (χ3v) is 3.26. The largest absolute Gasteiger partial charge is 0.493 e. The summed E-state index contributed by atoms with van der Waals surface area (Å²) in [4.78, 5) is 11.8. The van der Waals surface area contributed by atoms with Gasteiger partial charge in [-0.1, -0.05) is 35.9 Å². The average molecular weight is 312 g/mol. The number of hydrazone groups is 1. The number of nitrogens with one attached hydrogen (secondary N) is 1. The number of hydrogen-bond acceptors (Lipinski definition) is 4. The predicted molar refractivity (Wildman–Crippen MR) is 90.1 cm³/mol. The van der Waals surface area contributed by atoms with Gasteiger partial charge in [-0.15, -0.1) is 0 Å². The number of aryl methyl sites for hydroxylation is 2. The zero-order chi connectivity index (χ0) is 16.7. The molecule has 0 saturated heterocycles. The van der Waals surface area contributed by atoms with Gasteiger partial charge in [0.15, 0.2) is 18.1 Å². The Bertz CT molecular complexity index is 711. The van der Waals surface area contributed by atoms with Crippen LogP contribution in [0.4, 0.5) is 0 Å². The number of ether oxygens (including phenoxy) is 2. The Morgan fingerprint density at radius 1 is 1.17 bits per heavy atom. The van der Waals surface area contributed by atoms with E-state index in [1.54, 1.807) is 25.5 Å². The summed E-state index contributed by atoms with van der Waals surface area (Å²) in [7, 11) is 1.55. The summed E-state index contributed by atoms with van der Waals surface area (Å²) in [5, 5.41) is 3.96. The SMILES string of the molecule is COc1ccccc1OCC(=O)N/N=C\c1cc(C)ccc1C. The number of methoxy groups -OCH3 is 1. The van der Waals surface area contributed by atoms with Crippen molar-refractivity contribution in [3.05, 3.63) is 59.2 Å². The lowest BCUT2D eigenvalue weighted by molar-refractivity contribution is -0.123. The minimum atomic E-state index is -0.336. The molecule has 0 aliphatic rings. The minimum Gasteiger partial charge on any atom is -0.493 e. The van der Waals surface area contributed by atoms with Crippen LogP contribution >= 0.6 is 0 Å². The average Bonchev–Trinajstić information content (AvgIpc) is 2.56. The summed E-state index contributed by atoms with van der Waals surface area (Å²) in [6.45, 7) is 3.87. The van der Waals surface area contributed by atoms with Gasteiger partial charge in [0.25, 0.3) is 5.91 Å². The lowest BCUT2D eigenvalue weighted by atomic mass is 10.1. The van der Waals surface area contributed by atoms with E-state index in [1.165, 1.54) is 0 Å². The van der Waals surface area contributed by atoms with Gasteiger partial charge in [-0.2, -0.15) is 5.10 Å². The van der Waals surface area contributed by atoms with Crippen molar-refractivity contribution < 1.29 is 14.3 Å². The number of amides is 1. The van der Waals surface area contributed by atoms with Crippen LogP contribution in [0.2, 0.25) is 0 Å². The first-order chi connectivity index (χ1) is 11.1. The van der Waals surface area contributed by atoms with Crippen LogP contribution in [0.15, 0.2) is 47.6 Å². The van der Waals surface area contributed by atoms with Crippen molar-refractivity contribution in [1.82, 2.24) is 5.43 Å². The number of nitrogens with zero attached hydrogens (tertiary/aromatic N) is 1. The third-order valence-electron chi connectivity index (χ3n) is 3.26. The highest BCUT2D eigenvalue weighted by molar-refractivity contribution is 5.84. The first-order valence-corrected chi connectivity index (χ1v) is 7.25. The molecule has 23 heavy (non-hydrogen) atoms. The summed E-state index contributed by atoms with van der Waals surface area (Å²) in [5.41, 5.74) is 5.66. The molecule has 0 spiro atoms. The van der Waals surface area contributed by atoms with Gasteiger partial charge in [0, 0.05) is 0 Å². The van der Waals surface area contributed by atoms with Crippen molar-refractivity contribution in [1.29, 1.82) is 0 Å². The zero-order valence-electron chi connectivity index (χ0n) is 13.5. The Balaban J connectivity index is 1.88. The van der Waals surface area contributed by atoms with Gasteiger partial charge in [-0.05, 0) is 37.1 Å². The van der Waals surface area contributed by atoms with Crippen LogP contribution < -0.4 is 14.9 Å². The van der Waals surface area contributed by atoms with Crippen LogP contribution in [0.3, 0.4) is 0 Å². The van der Waals surface area contributed by atoms with E-state index in [4.69, 9.17) is 9.47 Å². The van der Waals surface area contributed by atoms with Crippen molar-refractivity contribution >= 4 is 12.1 Å². The first kappa shape index (κ1) is 16.5. The highest BCUT2D eigenvalue weighted by Crippen LogP contribution is 2.25. The summed E-state index contributed by atoms with van der Waals surface area (Å²) < 4.78 is 10.6. The fourth-order valence-electron chi connectivity index (χ4n) is 1.99. The molecule has 2 aromatic carbocycles. The standard InChI is InChI=1S/C18H20N2O3/c1-13-8-9-14(2)15(10-13)11-19-20-18(21)12-23-17-7-5-4-6-16(17)22-3/h4-11H,12H2,1-3H3,(H,20,21)/b19-11-. The molecule has 0 aliphatic carbocycles. The molecule has 0 radical (unpaired) electrons. The fourth-order valence-corrected chi connectivity index (χ4v) is 1.99. The highest BCUT2D eigenvalue weighted by Gasteiger charge is 2.06. The normalized spacial score (nSPS) is 10.6. The Morgan fingerprint density at radius 3 is 2.65 bits per heavy atom. The Hall–Kier alpha value is -2.82. The van der Waals surface area contributed by atoms with E-state index >= 15 is 0 Å². The number of benzene rings is 2. The van der Waals surface area contributed by atoms with E-state index in [2.05, 4.69) is 10.5 Å². The number of carbonyl (C=O) groups excluding carboxylic acids is 1. The smallest absolute Gasteiger partial charge is 0.277 e. The molecule has 0 bridgehead atoms. The quantitative estimate of drug-likeness (QED) is 0.659. The van der Waals surface area contributed by atoms with Gasteiger partial charge in [0.1, 0.15) is 0 Å². The molecule has 1 N–H and O–H groups in total. The summed E-state index contributed by atoms with van der Waals surface area (Å²) in [6.07, 6.45) is 1.63. The second kappa shape index (κ2) is 7.98. The Morgan fingerprint density at radius 2 is 1.91 bits per heavy atom. The van der Waals surface area contributed by atoms with Crippen LogP contribution in [0.25, 0.3) is 0 Å². The molecule has 0 unspecified atom stereocenters. The monoisotopic (exact) mass is 312 g/mol. The fraction of sp³-hybridized carbons (Fsp3) is 0.222. The molecule has 5 nitrogen and oxygen atoms in total. The van der Waals surface area contributed by atoms with Crippen LogP contribution in [-0.4, -0.2) is 25.8 Å². The van der Waals surface area contributed by atoms with Crippen molar-refractivity contribution in [2.24, 2.45) is 5.10 Å². The molecule has 0 saturated carbocycles. The number of hydrogen-bond donors (Lipinski definition) is 1. The summed E-state index contributed by atoms with van der Waals surface area (Å²) in [6, 6.07) is 13.2. The highest BCUT2D eigenvalue weighted by atomic mass is 16.5. The maximum Gasteiger partial charge on any atom is 0.277 e. The topological polar surface area (TPSA) is 59.9 Å². The van der Waals surface area contributed by atoms with Crippen LogP contribution in [-0.2, 0) is 4.79 Å². The van der Waals surface area contributed by atoms with E-state index < -0.39 is 0 Å². The third kappa shape index (κ3) is 4.85. The van der Waals surface area contributed by atoms with E-state index in [0.717, 1.165) is 16.7 Å². The maximum absolute atomic E-state index is 11.8. The molecular formula is C18H20N2O3. The molecular weight excluding hydrogens is 292 g/mol. The van der Waals surface area contributed by atoms with Gasteiger partial charge in [-0.3, -0.25) is 4.79 Å². The number of rotatable bonds is 6. The van der Waals surface area contributed by atoms with Crippen molar-refractivity contribution in [3.8, 4) is 11.5 Å². The molecule has 2 aromatic rings. The predicted octanol–water partition coefficient (Wildman–Crippen LogP) is 2.84. The lowest BCUT2D eigenvalue weighted by Gasteiger charge is -2.09. The van der Waals surface area contributed by atoms with Crippen molar-refractivity contribution in [3.63, 3.8) is 0 Å². The van der Waals surface area contributed by atoms with Gasteiger partial charge < -0.3 is 9.47 Å². The van der Waals surface area contributed by atoms with Crippen LogP contribution in [0, 0.1) is 13.8 Å².